The van der Waals surface area contributed by atoms with Crippen LogP contribution in [0.1, 0.15) is 30.6 Å². The van der Waals surface area contributed by atoms with Gasteiger partial charge in [0.15, 0.2) is 0 Å². The molecule has 1 unspecified atom stereocenters. The summed E-state index contributed by atoms with van der Waals surface area (Å²) in [4.78, 5) is 22.7. The van der Waals surface area contributed by atoms with E-state index in [-0.39, 0.29) is 6.42 Å². The molecule has 0 saturated carbocycles. The molecule has 1 aromatic rings. The Hall–Kier alpha value is -1.98. The number of benzene rings is 1. The quantitative estimate of drug-likeness (QED) is 0.866. The van der Waals surface area contributed by atoms with Crippen LogP contribution in [0.15, 0.2) is 18.2 Å². The maximum Gasteiger partial charge on any atom is 0.329 e. The van der Waals surface area contributed by atoms with E-state index >= 15 is 0 Å². The lowest BCUT2D eigenvalue weighted by Gasteiger charge is -2.24. The SMILES string of the molecule is CCC(C)(NC(=O)c1ccc(F)cc1F)C(=O)O. The number of carboxylic acids is 1. The average molecular weight is 257 g/mol. The minimum Gasteiger partial charge on any atom is -0.480 e. The Balaban J connectivity index is 2.98. The van der Waals surface area contributed by atoms with Crippen molar-refractivity contribution < 1.29 is 23.5 Å². The van der Waals surface area contributed by atoms with Gasteiger partial charge in [0, 0.05) is 6.07 Å². The highest BCUT2D eigenvalue weighted by Gasteiger charge is 2.33. The molecule has 1 atom stereocenters. The van der Waals surface area contributed by atoms with E-state index in [4.69, 9.17) is 5.11 Å². The van der Waals surface area contributed by atoms with Crippen molar-refractivity contribution in [3.05, 3.63) is 35.4 Å². The van der Waals surface area contributed by atoms with Crippen LogP contribution in [0.3, 0.4) is 0 Å². The fourth-order valence-corrected chi connectivity index (χ4v) is 1.28. The molecule has 0 bridgehead atoms. The maximum absolute atomic E-state index is 13.3. The summed E-state index contributed by atoms with van der Waals surface area (Å²) in [6.07, 6.45) is 0.136. The van der Waals surface area contributed by atoms with E-state index in [0.29, 0.717) is 6.07 Å². The van der Waals surface area contributed by atoms with Crippen LogP contribution < -0.4 is 5.32 Å². The van der Waals surface area contributed by atoms with Gasteiger partial charge in [-0.15, -0.1) is 0 Å². The van der Waals surface area contributed by atoms with Crippen molar-refractivity contribution >= 4 is 11.9 Å². The molecule has 0 radical (unpaired) electrons. The number of carbonyl (C=O) groups is 2. The van der Waals surface area contributed by atoms with Crippen LogP contribution in [-0.4, -0.2) is 22.5 Å². The van der Waals surface area contributed by atoms with E-state index in [1.54, 1.807) is 6.92 Å². The Bertz CT molecular complexity index is 490. The zero-order valence-corrected chi connectivity index (χ0v) is 9.96. The predicted octanol–water partition coefficient (Wildman–Crippen LogP) is 1.95. The molecule has 0 saturated heterocycles. The molecule has 4 nitrogen and oxygen atoms in total. The number of rotatable bonds is 4. The second-order valence-electron chi connectivity index (χ2n) is 4.07. The second-order valence-corrected chi connectivity index (χ2v) is 4.07. The van der Waals surface area contributed by atoms with E-state index in [9.17, 15) is 18.4 Å². The fourth-order valence-electron chi connectivity index (χ4n) is 1.28. The van der Waals surface area contributed by atoms with Gasteiger partial charge in [0.05, 0.1) is 5.56 Å². The van der Waals surface area contributed by atoms with E-state index in [1.165, 1.54) is 6.92 Å². The van der Waals surface area contributed by atoms with Crippen LogP contribution in [0.4, 0.5) is 8.78 Å². The van der Waals surface area contributed by atoms with Crippen molar-refractivity contribution in [3.8, 4) is 0 Å². The van der Waals surface area contributed by atoms with Crippen molar-refractivity contribution in [2.75, 3.05) is 0 Å². The first-order valence-corrected chi connectivity index (χ1v) is 5.31. The summed E-state index contributed by atoms with van der Waals surface area (Å²) in [6, 6.07) is 2.47. The summed E-state index contributed by atoms with van der Waals surface area (Å²) in [6.45, 7) is 2.89. The van der Waals surface area contributed by atoms with Gasteiger partial charge in [-0.2, -0.15) is 0 Å². The topological polar surface area (TPSA) is 66.4 Å². The summed E-state index contributed by atoms with van der Waals surface area (Å²) in [7, 11) is 0. The number of aliphatic carboxylic acids is 1. The van der Waals surface area contributed by atoms with Gasteiger partial charge >= 0.3 is 5.97 Å². The minimum absolute atomic E-state index is 0.136. The van der Waals surface area contributed by atoms with E-state index in [2.05, 4.69) is 5.32 Å². The van der Waals surface area contributed by atoms with Gasteiger partial charge in [0.25, 0.3) is 5.91 Å². The molecule has 1 aromatic carbocycles. The highest BCUT2D eigenvalue weighted by Crippen LogP contribution is 2.14. The summed E-state index contributed by atoms with van der Waals surface area (Å²) < 4.78 is 26.0. The van der Waals surface area contributed by atoms with E-state index in [0.717, 1.165) is 12.1 Å². The highest BCUT2D eigenvalue weighted by molar-refractivity contribution is 5.97. The zero-order valence-electron chi connectivity index (χ0n) is 9.96. The predicted molar refractivity (Wildman–Crippen MR) is 60.2 cm³/mol. The molecule has 6 heteroatoms. The molecule has 18 heavy (non-hydrogen) atoms. The lowest BCUT2D eigenvalue weighted by atomic mass is 9.98. The Morgan fingerprint density at radius 3 is 2.44 bits per heavy atom. The van der Waals surface area contributed by atoms with Crippen LogP contribution >= 0.6 is 0 Å². The summed E-state index contributed by atoms with van der Waals surface area (Å²) in [5.41, 5.74) is -1.88. The smallest absolute Gasteiger partial charge is 0.329 e. The lowest BCUT2D eigenvalue weighted by molar-refractivity contribution is -0.143. The molecule has 0 aromatic heterocycles. The first-order valence-electron chi connectivity index (χ1n) is 5.31. The Kier molecular flexibility index (Phi) is 4.00. The van der Waals surface area contributed by atoms with Crippen molar-refractivity contribution in [2.24, 2.45) is 0 Å². The molecule has 0 aliphatic rings. The molecule has 0 fully saturated rings. The molecular formula is C12H13F2NO3. The lowest BCUT2D eigenvalue weighted by Crippen LogP contribution is -2.51. The molecule has 2 N–H and O–H groups in total. The van der Waals surface area contributed by atoms with Gasteiger partial charge in [0.1, 0.15) is 17.2 Å². The maximum atomic E-state index is 13.3. The monoisotopic (exact) mass is 257 g/mol. The standard InChI is InChI=1S/C12H13F2NO3/c1-3-12(2,11(17)18)15-10(16)8-5-4-7(13)6-9(8)14/h4-6H,3H2,1-2H3,(H,15,16)(H,17,18). The van der Waals surface area contributed by atoms with Crippen molar-refractivity contribution in [1.82, 2.24) is 5.32 Å². The largest absolute Gasteiger partial charge is 0.480 e. The average Bonchev–Trinajstić information content (AvgIpc) is 2.28. The number of halogens is 2. The molecule has 98 valence electrons. The molecule has 0 heterocycles. The van der Waals surface area contributed by atoms with Gasteiger partial charge in [-0.3, -0.25) is 4.79 Å². The van der Waals surface area contributed by atoms with Crippen molar-refractivity contribution in [1.29, 1.82) is 0 Å². The Morgan fingerprint density at radius 1 is 1.39 bits per heavy atom. The molecule has 0 aliphatic heterocycles. The van der Waals surface area contributed by atoms with E-state index < -0.39 is 34.6 Å². The first kappa shape index (κ1) is 14.1. The van der Waals surface area contributed by atoms with Crippen LogP contribution in [0.2, 0.25) is 0 Å². The molecule has 0 spiro atoms. The van der Waals surface area contributed by atoms with Gasteiger partial charge in [-0.05, 0) is 25.5 Å². The number of hydrogen-bond acceptors (Lipinski definition) is 2. The first-order chi connectivity index (χ1) is 8.30. The van der Waals surface area contributed by atoms with Crippen LogP contribution in [0.5, 0.6) is 0 Å². The van der Waals surface area contributed by atoms with Gasteiger partial charge in [-0.25, -0.2) is 13.6 Å². The Morgan fingerprint density at radius 2 is 2.00 bits per heavy atom. The third kappa shape index (κ3) is 2.82. The molecule has 1 rings (SSSR count). The number of carbonyl (C=O) groups excluding carboxylic acids is 1. The number of amides is 1. The normalized spacial score (nSPS) is 13.8. The van der Waals surface area contributed by atoms with Crippen LogP contribution in [-0.2, 0) is 4.79 Å². The Labute approximate surface area is 103 Å². The third-order valence-electron chi connectivity index (χ3n) is 2.74. The molecule has 0 aliphatic carbocycles. The summed E-state index contributed by atoms with van der Waals surface area (Å²) in [5, 5.41) is 11.2. The summed E-state index contributed by atoms with van der Waals surface area (Å²) in [5.74, 6) is -3.95. The van der Waals surface area contributed by atoms with Crippen LogP contribution in [0, 0.1) is 11.6 Å². The number of nitrogens with one attached hydrogen (secondary N) is 1. The molecular weight excluding hydrogens is 244 g/mol. The zero-order chi connectivity index (χ0) is 13.9. The highest BCUT2D eigenvalue weighted by atomic mass is 19.1. The van der Waals surface area contributed by atoms with Gasteiger partial charge < -0.3 is 10.4 Å². The van der Waals surface area contributed by atoms with Crippen molar-refractivity contribution in [3.63, 3.8) is 0 Å². The number of carboxylic acid groups (broad SMARTS) is 1. The second kappa shape index (κ2) is 5.12. The van der Waals surface area contributed by atoms with E-state index in [1.807, 2.05) is 0 Å². The third-order valence-corrected chi connectivity index (χ3v) is 2.74. The van der Waals surface area contributed by atoms with Crippen LogP contribution in [0.25, 0.3) is 0 Å². The molecule has 1 amide bonds. The number of hydrogen-bond donors (Lipinski definition) is 2. The fraction of sp³-hybridized carbons (Fsp3) is 0.333. The van der Waals surface area contributed by atoms with Crippen molar-refractivity contribution in [2.45, 2.75) is 25.8 Å². The minimum atomic E-state index is -1.49. The van der Waals surface area contributed by atoms with Gasteiger partial charge in [-0.1, -0.05) is 6.92 Å². The van der Waals surface area contributed by atoms with Gasteiger partial charge in [0.2, 0.25) is 0 Å². The summed E-state index contributed by atoms with van der Waals surface area (Å²) >= 11 is 0.